The second-order valence-corrected chi connectivity index (χ2v) is 5.30. The normalized spacial score (nSPS) is 13.6. The standard InChI is InChI=1S/C14H32N2O/c1-6-14(4)12-16(5)10-9-15-8-7-11-17-13(2)3/h13-15H,6-12H2,1-5H3. The van der Waals surface area contributed by atoms with Crippen LogP contribution >= 0.6 is 0 Å². The quantitative estimate of drug-likeness (QED) is 0.565. The van der Waals surface area contributed by atoms with E-state index >= 15 is 0 Å². The molecule has 0 amide bonds. The number of rotatable bonds is 11. The van der Waals surface area contributed by atoms with Crippen molar-refractivity contribution in [2.45, 2.75) is 46.6 Å². The van der Waals surface area contributed by atoms with Crippen LogP contribution in [0, 0.1) is 5.92 Å². The van der Waals surface area contributed by atoms with Crippen LogP contribution in [0.1, 0.15) is 40.5 Å². The van der Waals surface area contributed by atoms with Crippen molar-refractivity contribution in [3.8, 4) is 0 Å². The zero-order valence-electron chi connectivity index (χ0n) is 12.5. The van der Waals surface area contributed by atoms with E-state index in [9.17, 15) is 0 Å². The molecule has 0 spiro atoms. The summed E-state index contributed by atoms with van der Waals surface area (Å²) in [5, 5.41) is 3.46. The first-order chi connectivity index (χ1) is 8.06. The van der Waals surface area contributed by atoms with E-state index in [4.69, 9.17) is 4.74 Å². The van der Waals surface area contributed by atoms with Gasteiger partial charge in [0.15, 0.2) is 0 Å². The van der Waals surface area contributed by atoms with Crippen LogP contribution in [-0.2, 0) is 4.74 Å². The summed E-state index contributed by atoms with van der Waals surface area (Å²) in [6, 6.07) is 0. The van der Waals surface area contributed by atoms with Gasteiger partial charge in [0.2, 0.25) is 0 Å². The summed E-state index contributed by atoms with van der Waals surface area (Å²) in [6.45, 7) is 14.1. The topological polar surface area (TPSA) is 24.5 Å². The molecule has 0 fully saturated rings. The third-order valence-corrected chi connectivity index (χ3v) is 2.94. The van der Waals surface area contributed by atoms with E-state index in [0.29, 0.717) is 6.10 Å². The highest BCUT2D eigenvalue weighted by atomic mass is 16.5. The number of nitrogens with one attached hydrogen (secondary N) is 1. The lowest BCUT2D eigenvalue weighted by molar-refractivity contribution is 0.0770. The molecule has 0 aromatic heterocycles. The van der Waals surface area contributed by atoms with E-state index in [0.717, 1.165) is 38.6 Å². The van der Waals surface area contributed by atoms with E-state index in [-0.39, 0.29) is 0 Å². The lowest BCUT2D eigenvalue weighted by Gasteiger charge is -2.20. The summed E-state index contributed by atoms with van der Waals surface area (Å²) in [5.74, 6) is 0.805. The van der Waals surface area contributed by atoms with Crippen molar-refractivity contribution in [1.82, 2.24) is 10.2 Å². The molecule has 17 heavy (non-hydrogen) atoms. The molecule has 3 heteroatoms. The first-order valence-electron chi connectivity index (χ1n) is 7.07. The second-order valence-electron chi connectivity index (χ2n) is 5.30. The molecule has 0 aromatic rings. The zero-order valence-corrected chi connectivity index (χ0v) is 12.5. The van der Waals surface area contributed by atoms with E-state index in [2.05, 4.69) is 45.0 Å². The Kier molecular flexibility index (Phi) is 10.9. The van der Waals surface area contributed by atoms with Crippen LogP contribution in [0.25, 0.3) is 0 Å². The first kappa shape index (κ1) is 16.9. The van der Waals surface area contributed by atoms with Crippen molar-refractivity contribution < 1.29 is 4.74 Å². The molecule has 0 aliphatic heterocycles. The summed E-state index contributed by atoms with van der Waals surface area (Å²) >= 11 is 0. The average Bonchev–Trinajstić information content (AvgIpc) is 2.27. The molecule has 0 rings (SSSR count). The summed E-state index contributed by atoms with van der Waals surface area (Å²) in [6.07, 6.45) is 2.73. The number of nitrogens with zero attached hydrogens (tertiary/aromatic N) is 1. The molecular weight excluding hydrogens is 212 g/mol. The van der Waals surface area contributed by atoms with Crippen LogP contribution < -0.4 is 5.32 Å². The molecule has 3 nitrogen and oxygen atoms in total. The van der Waals surface area contributed by atoms with Gasteiger partial charge in [-0.15, -0.1) is 0 Å². The molecule has 0 aliphatic carbocycles. The van der Waals surface area contributed by atoms with Gasteiger partial charge in [-0.25, -0.2) is 0 Å². The molecule has 104 valence electrons. The lowest BCUT2D eigenvalue weighted by Crippen LogP contribution is -2.32. The smallest absolute Gasteiger partial charge is 0.0518 e. The van der Waals surface area contributed by atoms with Gasteiger partial charge >= 0.3 is 0 Å². The van der Waals surface area contributed by atoms with Gasteiger partial charge in [-0.2, -0.15) is 0 Å². The number of ether oxygens (including phenoxy) is 1. The monoisotopic (exact) mass is 244 g/mol. The third kappa shape index (κ3) is 12.1. The minimum absolute atomic E-state index is 0.358. The fourth-order valence-corrected chi connectivity index (χ4v) is 1.66. The largest absolute Gasteiger partial charge is 0.379 e. The number of hydrogen-bond donors (Lipinski definition) is 1. The van der Waals surface area contributed by atoms with Crippen molar-refractivity contribution in [1.29, 1.82) is 0 Å². The predicted octanol–water partition coefficient (Wildman–Crippen LogP) is 2.37. The third-order valence-electron chi connectivity index (χ3n) is 2.94. The van der Waals surface area contributed by atoms with Crippen LogP contribution in [0.4, 0.5) is 0 Å². The molecule has 0 aliphatic rings. The molecule has 1 N–H and O–H groups in total. The van der Waals surface area contributed by atoms with Gasteiger partial charge in [0.25, 0.3) is 0 Å². The minimum Gasteiger partial charge on any atom is -0.379 e. The Balaban J connectivity index is 3.22. The Labute approximate surface area is 108 Å². The van der Waals surface area contributed by atoms with Crippen molar-refractivity contribution in [2.24, 2.45) is 5.92 Å². The van der Waals surface area contributed by atoms with Gasteiger partial charge in [-0.3, -0.25) is 0 Å². The summed E-state index contributed by atoms with van der Waals surface area (Å²) in [5.41, 5.74) is 0. The molecule has 0 saturated heterocycles. The average molecular weight is 244 g/mol. The highest BCUT2D eigenvalue weighted by Gasteiger charge is 2.03. The highest BCUT2D eigenvalue weighted by molar-refractivity contribution is 4.59. The van der Waals surface area contributed by atoms with Crippen LogP contribution in [0.2, 0.25) is 0 Å². The van der Waals surface area contributed by atoms with E-state index in [1.165, 1.54) is 13.0 Å². The molecule has 0 aromatic carbocycles. The van der Waals surface area contributed by atoms with Gasteiger partial charge in [-0.1, -0.05) is 20.3 Å². The van der Waals surface area contributed by atoms with Crippen molar-refractivity contribution in [2.75, 3.05) is 39.8 Å². The van der Waals surface area contributed by atoms with Gasteiger partial charge < -0.3 is 15.0 Å². The van der Waals surface area contributed by atoms with E-state index in [1.807, 2.05) is 0 Å². The molecule has 1 atom stereocenters. The van der Waals surface area contributed by atoms with Crippen LogP contribution in [0.3, 0.4) is 0 Å². The summed E-state index contributed by atoms with van der Waals surface area (Å²) in [7, 11) is 2.20. The molecule has 0 radical (unpaired) electrons. The lowest BCUT2D eigenvalue weighted by atomic mass is 10.1. The maximum atomic E-state index is 5.49. The predicted molar refractivity (Wildman–Crippen MR) is 75.5 cm³/mol. The fourth-order valence-electron chi connectivity index (χ4n) is 1.66. The van der Waals surface area contributed by atoms with Gasteiger partial charge in [0, 0.05) is 26.2 Å². The van der Waals surface area contributed by atoms with Crippen molar-refractivity contribution in [3.05, 3.63) is 0 Å². The Bertz CT molecular complexity index is 162. The molecule has 0 heterocycles. The van der Waals surface area contributed by atoms with Crippen molar-refractivity contribution in [3.63, 3.8) is 0 Å². The SMILES string of the molecule is CCC(C)CN(C)CCNCCCOC(C)C. The maximum Gasteiger partial charge on any atom is 0.0518 e. The van der Waals surface area contributed by atoms with Gasteiger partial charge in [0.05, 0.1) is 6.10 Å². The zero-order chi connectivity index (χ0) is 13.1. The van der Waals surface area contributed by atoms with E-state index in [1.54, 1.807) is 0 Å². The maximum absolute atomic E-state index is 5.49. The van der Waals surface area contributed by atoms with Gasteiger partial charge in [-0.05, 0) is 39.8 Å². The second kappa shape index (κ2) is 11.0. The van der Waals surface area contributed by atoms with Crippen molar-refractivity contribution >= 4 is 0 Å². The fraction of sp³-hybridized carbons (Fsp3) is 1.00. The van der Waals surface area contributed by atoms with Crippen LogP contribution in [0.5, 0.6) is 0 Å². The molecular formula is C14H32N2O. The molecule has 0 bridgehead atoms. The summed E-state index contributed by atoms with van der Waals surface area (Å²) in [4.78, 5) is 2.41. The Morgan fingerprint density at radius 2 is 1.88 bits per heavy atom. The Hall–Kier alpha value is -0.120. The van der Waals surface area contributed by atoms with Crippen LogP contribution in [-0.4, -0.2) is 50.8 Å². The molecule has 0 saturated carbocycles. The van der Waals surface area contributed by atoms with E-state index < -0.39 is 0 Å². The number of likely N-dealkylation sites (N-methyl/N-ethyl adjacent to an activating group) is 1. The summed E-state index contributed by atoms with van der Waals surface area (Å²) < 4.78 is 5.49. The Morgan fingerprint density at radius 3 is 2.47 bits per heavy atom. The van der Waals surface area contributed by atoms with Gasteiger partial charge in [0.1, 0.15) is 0 Å². The highest BCUT2D eigenvalue weighted by Crippen LogP contribution is 2.01. The number of hydrogen-bond acceptors (Lipinski definition) is 3. The first-order valence-corrected chi connectivity index (χ1v) is 7.07. The minimum atomic E-state index is 0.358. The molecule has 1 unspecified atom stereocenters. The van der Waals surface area contributed by atoms with Crippen LogP contribution in [0.15, 0.2) is 0 Å². The Morgan fingerprint density at radius 1 is 1.18 bits per heavy atom.